The molecule has 1 atom stereocenters. The van der Waals surface area contributed by atoms with Crippen LogP contribution in [0.3, 0.4) is 0 Å². The van der Waals surface area contributed by atoms with E-state index in [1.165, 1.54) is 22.3 Å². The van der Waals surface area contributed by atoms with Crippen LogP contribution in [0.25, 0.3) is 0 Å². The topological polar surface area (TPSA) is 76.0 Å². The standard InChI is InChI=1S/C32H47NO4/c1-8-32(9-2,26-16-14-25(23(3)21-26)15-19-29(34)31(5,6)7)27-17-18-28(24(4)22-27)37-20-12-10-11-13-30(35)33-36/h14,16-18,21-22,29,34H,8-13,15,19-20H2,1-7H3. The molecule has 1 N–H and O–H groups in total. The Morgan fingerprint density at radius 2 is 1.57 bits per heavy atom. The molecule has 0 radical (unpaired) electrons. The molecule has 2 rings (SSSR count). The molecular formula is C32H47NO4. The molecule has 2 aromatic carbocycles. The molecule has 2 aromatic rings. The van der Waals surface area contributed by atoms with Gasteiger partial charge in [0.25, 0.3) is 5.91 Å². The number of aliphatic hydroxyl groups is 1. The van der Waals surface area contributed by atoms with Gasteiger partial charge < -0.3 is 9.84 Å². The molecule has 0 saturated heterocycles. The fourth-order valence-electron chi connectivity index (χ4n) is 5.12. The first kappa shape index (κ1) is 30.7. The van der Waals surface area contributed by atoms with Crippen molar-refractivity contribution in [3.05, 3.63) is 69.1 Å². The summed E-state index contributed by atoms with van der Waals surface area (Å²) in [5.74, 6) is 0.311. The lowest BCUT2D eigenvalue weighted by Crippen LogP contribution is -2.27. The second-order valence-electron chi connectivity index (χ2n) is 11.5. The van der Waals surface area contributed by atoms with Gasteiger partial charge >= 0.3 is 0 Å². The molecule has 0 bridgehead atoms. The van der Waals surface area contributed by atoms with Crippen LogP contribution in [0.5, 0.6) is 5.75 Å². The number of benzene rings is 2. The van der Waals surface area contributed by atoms with Gasteiger partial charge in [0.15, 0.2) is 0 Å². The smallest absolute Gasteiger partial charge is 0.286 e. The summed E-state index contributed by atoms with van der Waals surface area (Å²) in [6.45, 7) is 15.6. The van der Waals surface area contributed by atoms with Crippen LogP contribution in [0.15, 0.2) is 41.6 Å². The van der Waals surface area contributed by atoms with Gasteiger partial charge in [0.1, 0.15) is 5.75 Å². The largest absolute Gasteiger partial charge is 0.493 e. The third-order valence-electron chi connectivity index (χ3n) is 7.91. The molecule has 204 valence electrons. The van der Waals surface area contributed by atoms with Crippen molar-refractivity contribution >= 4 is 5.91 Å². The second-order valence-corrected chi connectivity index (χ2v) is 11.5. The van der Waals surface area contributed by atoms with E-state index in [1.807, 2.05) is 0 Å². The monoisotopic (exact) mass is 509 g/mol. The van der Waals surface area contributed by atoms with Crippen molar-refractivity contribution in [2.45, 2.75) is 111 Å². The number of aliphatic hydroxyl groups excluding tert-OH is 1. The SMILES string of the molecule is CCC(CC)(c1ccc(CCC(O)C(C)(C)C)c(C)c1)c1ccc(OCCCCCC(=O)N=O)c(C)c1. The zero-order valence-electron chi connectivity index (χ0n) is 24.0. The van der Waals surface area contributed by atoms with Crippen LogP contribution in [0.1, 0.15) is 107 Å². The van der Waals surface area contributed by atoms with E-state index in [0.29, 0.717) is 13.0 Å². The molecule has 5 nitrogen and oxygen atoms in total. The maximum Gasteiger partial charge on any atom is 0.286 e. The normalized spacial score (nSPS) is 12.9. The van der Waals surface area contributed by atoms with E-state index in [-0.39, 0.29) is 23.4 Å². The molecule has 1 unspecified atom stereocenters. The third kappa shape index (κ3) is 8.23. The summed E-state index contributed by atoms with van der Waals surface area (Å²) < 4.78 is 6.03. The number of rotatable bonds is 14. The maximum absolute atomic E-state index is 11.0. The molecular weight excluding hydrogens is 462 g/mol. The van der Waals surface area contributed by atoms with Crippen molar-refractivity contribution in [3.63, 3.8) is 0 Å². The number of nitrogens with zero attached hydrogens (tertiary/aromatic N) is 1. The number of aryl methyl sites for hydroxylation is 3. The fraction of sp³-hybridized carbons (Fsp3) is 0.594. The first-order valence-electron chi connectivity index (χ1n) is 13.9. The van der Waals surface area contributed by atoms with Gasteiger partial charge in [-0.3, -0.25) is 4.79 Å². The first-order chi connectivity index (χ1) is 17.5. The van der Waals surface area contributed by atoms with Crippen LogP contribution in [0.4, 0.5) is 0 Å². The highest BCUT2D eigenvalue weighted by Gasteiger charge is 2.31. The molecule has 0 heterocycles. The van der Waals surface area contributed by atoms with Crippen LogP contribution >= 0.6 is 0 Å². The van der Waals surface area contributed by atoms with Crippen molar-refractivity contribution in [1.82, 2.24) is 0 Å². The molecule has 0 fully saturated rings. The summed E-state index contributed by atoms with van der Waals surface area (Å²) >= 11 is 0. The number of ether oxygens (including phenoxy) is 1. The van der Waals surface area contributed by atoms with Gasteiger partial charge in [-0.15, -0.1) is 4.91 Å². The lowest BCUT2D eigenvalue weighted by atomic mass is 9.69. The lowest BCUT2D eigenvalue weighted by molar-refractivity contribution is -0.118. The summed E-state index contributed by atoms with van der Waals surface area (Å²) in [6, 6.07) is 13.4. The summed E-state index contributed by atoms with van der Waals surface area (Å²) in [5, 5.41) is 12.9. The minimum Gasteiger partial charge on any atom is -0.493 e. The average Bonchev–Trinajstić information content (AvgIpc) is 2.86. The van der Waals surface area contributed by atoms with Crippen LogP contribution < -0.4 is 4.74 Å². The van der Waals surface area contributed by atoms with Gasteiger partial charge in [0, 0.05) is 17.0 Å². The van der Waals surface area contributed by atoms with Gasteiger partial charge in [-0.2, -0.15) is 0 Å². The molecule has 37 heavy (non-hydrogen) atoms. The minimum atomic E-state index is -0.577. The highest BCUT2D eigenvalue weighted by molar-refractivity contribution is 5.76. The zero-order chi connectivity index (χ0) is 27.6. The first-order valence-corrected chi connectivity index (χ1v) is 13.9. The van der Waals surface area contributed by atoms with Gasteiger partial charge in [-0.05, 0) is 98.1 Å². The van der Waals surface area contributed by atoms with Crippen molar-refractivity contribution in [2.24, 2.45) is 10.6 Å². The minimum absolute atomic E-state index is 0.0728. The van der Waals surface area contributed by atoms with Crippen molar-refractivity contribution in [1.29, 1.82) is 0 Å². The van der Waals surface area contributed by atoms with Gasteiger partial charge in [0.2, 0.25) is 0 Å². The quantitative estimate of drug-likeness (QED) is 0.207. The summed E-state index contributed by atoms with van der Waals surface area (Å²) in [7, 11) is 0. The van der Waals surface area contributed by atoms with E-state index >= 15 is 0 Å². The van der Waals surface area contributed by atoms with Crippen LogP contribution in [-0.4, -0.2) is 23.7 Å². The van der Waals surface area contributed by atoms with E-state index in [0.717, 1.165) is 49.8 Å². The van der Waals surface area contributed by atoms with Gasteiger partial charge in [0.05, 0.1) is 12.7 Å². The number of hydrogen-bond donors (Lipinski definition) is 1. The number of unbranched alkanes of at least 4 members (excludes halogenated alkanes) is 2. The van der Waals surface area contributed by atoms with Crippen LogP contribution in [0.2, 0.25) is 0 Å². The van der Waals surface area contributed by atoms with Gasteiger partial charge in [-0.1, -0.05) is 65.0 Å². The Morgan fingerprint density at radius 3 is 2.11 bits per heavy atom. The van der Waals surface area contributed by atoms with E-state index < -0.39 is 5.91 Å². The molecule has 0 aliphatic heterocycles. The average molecular weight is 510 g/mol. The van der Waals surface area contributed by atoms with Crippen LogP contribution in [-0.2, 0) is 16.6 Å². The van der Waals surface area contributed by atoms with E-state index in [9.17, 15) is 14.8 Å². The predicted octanol–water partition coefficient (Wildman–Crippen LogP) is 7.98. The number of carbonyl (C=O) groups is 1. The van der Waals surface area contributed by atoms with Crippen molar-refractivity contribution in [2.75, 3.05) is 6.61 Å². The molecule has 0 aliphatic rings. The predicted molar refractivity (Wildman–Crippen MR) is 152 cm³/mol. The van der Waals surface area contributed by atoms with E-state index in [2.05, 4.69) is 90.0 Å². The van der Waals surface area contributed by atoms with E-state index in [4.69, 9.17) is 4.74 Å². The lowest BCUT2D eigenvalue weighted by Gasteiger charge is -2.34. The summed E-state index contributed by atoms with van der Waals surface area (Å²) in [6.07, 6.45) is 5.87. The highest BCUT2D eigenvalue weighted by atomic mass is 16.5. The van der Waals surface area contributed by atoms with E-state index in [1.54, 1.807) is 0 Å². The van der Waals surface area contributed by atoms with Crippen LogP contribution in [0, 0.1) is 24.2 Å². The Bertz CT molecular complexity index is 1030. The summed E-state index contributed by atoms with van der Waals surface area (Å²) in [5.41, 5.74) is 6.17. The Morgan fingerprint density at radius 1 is 0.946 bits per heavy atom. The molecule has 0 saturated carbocycles. The fourth-order valence-corrected chi connectivity index (χ4v) is 5.12. The van der Waals surface area contributed by atoms with Gasteiger partial charge in [-0.25, -0.2) is 0 Å². The maximum atomic E-state index is 11.0. The molecule has 5 heteroatoms. The Hall–Kier alpha value is -2.53. The van der Waals surface area contributed by atoms with Crippen molar-refractivity contribution < 1.29 is 14.6 Å². The number of nitroso groups, excluding NO2 is 1. The molecule has 1 amide bonds. The Kier molecular flexibility index (Phi) is 11.5. The molecule has 0 aromatic heterocycles. The number of amides is 1. The zero-order valence-corrected chi connectivity index (χ0v) is 24.0. The number of carbonyl (C=O) groups excluding carboxylic acids is 1. The molecule has 0 aliphatic carbocycles. The van der Waals surface area contributed by atoms with Crippen molar-refractivity contribution in [3.8, 4) is 5.75 Å². The Labute approximate surface area is 224 Å². The second kappa shape index (κ2) is 13.9. The molecule has 0 spiro atoms. The highest BCUT2D eigenvalue weighted by Crippen LogP contribution is 2.41. The summed E-state index contributed by atoms with van der Waals surface area (Å²) in [4.78, 5) is 21.1. The third-order valence-corrected chi connectivity index (χ3v) is 7.91. The number of hydrogen-bond acceptors (Lipinski definition) is 4. The Balaban J connectivity index is 2.14.